The number of carboxylic acid groups (broad SMARTS) is 1. The lowest BCUT2D eigenvalue weighted by molar-refractivity contribution is -0.129. The highest BCUT2D eigenvalue weighted by Gasteiger charge is 2.12. The summed E-state index contributed by atoms with van der Waals surface area (Å²) < 4.78 is 0. The van der Waals surface area contributed by atoms with Crippen LogP contribution >= 0.6 is 0 Å². The van der Waals surface area contributed by atoms with Gasteiger partial charge < -0.3 is 5.11 Å². The van der Waals surface area contributed by atoms with Gasteiger partial charge in [-0.15, -0.1) is 0 Å². The molecule has 3 nitrogen and oxygen atoms in total. The molecule has 0 aromatic heterocycles. The minimum atomic E-state index is -0.859. The van der Waals surface area contributed by atoms with Crippen LogP contribution in [0.2, 0.25) is 0 Å². The van der Waals surface area contributed by atoms with Crippen molar-refractivity contribution >= 4 is 11.7 Å². The summed E-state index contributed by atoms with van der Waals surface area (Å²) in [5.74, 6) is -0.859. The van der Waals surface area contributed by atoms with Gasteiger partial charge in [0.2, 0.25) is 0 Å². The summed E-state index contributed by atoms with van der Waals surface area (Å²) in [6, 6.07) is 0. The van der Waals surface area contributed by atoms with Crippen LogP contribution < -0.4 is 0 Å². The number of nitrogens with zero attached hydrogens (tertiary/aromatic N) is 1. The third kappa shape index (κ3) is 0.857. The molecule has 1 N–H and O–H groups in total. The molecule has 44 valence electrons. The van der Waals surface area contributed by atoms with E-state index in [1.165, 1.54) is 0 Å². The zero-order valence-electron chi connectivity index (χ0n) is 4.42. The molecule has 0 atom stereocenters. The van der Waals surface area contributed by atoms with E-state index in [0.717, 1.165) is 6.42 Å². The Hall–Kier alpha value is -0.860. The fraction of sp³-hybridized carbons (Fsp3) is 0.600. The highest BCUT2D eigenvalue weighted by molar-refractivity contribution is 6.35. The van der Waals surface area contributed by atoms with Crippen molar-refractivity contribution in [2.24, 2.45) is 4.99 Å². The molecule has 1 heterocycles. The molecule has 0 aromatic carbocycles. The molecule has 1 rings (SSSR count). The van der Waals surface area contributed by atoms with Crippen molar-refractivity contribution in [2.45, 2.75) is 12.8 Å². The Bertz CT molecular complexity index is 139. The number of hydrogen-bond donors (Lipinski definition) is 1. The maximum atomic E-state index is 10.1. The van der Waals surface area contributed by atoms with Crippen LogP contribution in [0.3, 0.4) is 0 Å². The van der Waals surface area contributed by atoms with Crippen molar-refractivity contribution in [3.8, 4) is 0 Å². The van der Waals surface area contributed by atoms with Gasteiger partial charge in [0.15, 0.2) is 0 Å². The van der Waals surface area contributed by atoms with Crippen LogP contribution in [0.25, 0.3) is 0 Å². The van der Waals surface area contributed by atoms with Crippen LogP contribution in [-0.2, 0) is 4.79 Å². The third-order valence-corrected chi connectivity index (χ3v) is 1.12. The van der Waals surface area contributed by atoms with E-state index >= 15 is 0 Å². The lowest BCUT2D eigenvalue weighted by Crippen LogP contribution is -2.08. The monoisotopic (exact) mass is 113 g/mol. The number of carboxylic acids is 1. The van der Waals surface area contributed by atoms with E-state index in [-0.39, 0.29) is 0 Å². The van der Waals surface area contributed by atoms with E-state index in [0.29, 0.717) is 18.7 Å². The van der Waals surface area contributed by atoms with Gasteiger partial charge in [-0.25, -0.2) is 4.79 Å². The summed E-state index contributed by atoms with van der Waals surface area (Å²) in [6.45, 7) is 0.696. The molecule has 0 aromatic rings. The van der Waals surface area contributed by atoms with Crippen molar-refractivity contribution in [3.63, 3.8) is 0 Å². The predicted molar refractivity (Wildman–Crippen MR) is 29.2 cm³/mol. The highest BCUT2D eigenvalue weighted by Crippen LogP contribution is 2.02. The van der Waals surface area contributed by atoms with E-state index in [1.54, 1.807) is 0 Å². The van der Waals surface area contributed by atoms with Crippen molar-refractivity contribution < 1.29 is 9.90 Å². The normalized spacial score (nSPS) is 18.2. The topological polar surface area (TPSA) is 49.7 Å². The van der Waals surface area contributed by atoms with Crippen LogP contribution in [0.15, 0.2) is 4.99 Å². The first-order valence-corrected chi connectivity index (χ1v) is 2.57. The molecule has 0 spiro atoms. The lowest BCUT2D eigenvalue weighted by atomic mass is 10.2. The lowest BCUT2D eigenvalue weighted by Gasteiger charge is -1.84. The maximum Gasteiger partial charge on any atom is 0.349 e. The van der Waals surface area contributed by atoms with E-state index in [9.17, 15) is 4.79 Å². The molecule has 0 fully saturated rings. The number of aliphatic carboxylic acids is 1. The zero-order valence-corrected chi connectivity index (χ0v) is 4.42. The molecule has 0 unspecified atom stereocenters. The summed E-state index contributed by atoms with van der Waals surface area (Å²) in [5, 5.41) is 8.28. The smallest absolute Gasteiger partial charge is 0.349 e. The summed E-state index contributed by atoms with van der Waals surface area (Å²) in [6.07, 6.45) is 1.55. The number of aliphatic imine (C=N–C) groups is 1. The average Bonchev–Trinajstić information content (AvgIpc) is 2.12. The zero-order chi connectivity index (χ0) is 5.98. The molecule has 0 radical (unpaired) electrons. The minimum Gasteiger partial charge on any atom is -0.477 e. The second-order valence-corrected chi connectivity index (χ2v) is 1.74. The number of rotatable bonds is 1. The van der Waals surface area contributed by atoms with Gasteiger partial charge in [0, 0.05) is 6.54 Å². The average molecular weight is 113 g/mol. The fourth-order valence-corrected chi connectivity index (χ4v) is 0.714. The molecule has 1 aliphatic heterocycles. The molecular weight excluding hydrogens is 106 g/mol. The molecule has 0 bridgehead atoms. The summed E-state index contributed by atoms with van der Waals surface area (Å²) in [4.78, 5) is 13.8. The molecule has 1 aliphatic rings. The second-order valence-electron chi connectivity index (χ2n) is 1.74. The van der Waals surface area contributed by atoms with Crippen LogP contribution in [0.5, 0.6) is 0 Å². The van der Waals surface area contributed by atoms with Gasteiger partial charge in [0.25, 0.3) is 0 Å². The van der Waals surface area contributed by atoms with E-state index in [2.05, 4.69) is 4.99 Å². The standard InChI is InChI=1S/C5H7NO2/c7-5(8)4-2-1-3-6-4/h1-3H2,(H,7,8). The second kappa shape index (κ2) is 1.94. The molecule has 0 amide bonds. The van der Waals surface area contributed by atoms with Gasteiger partial charge in [0.05, 0.1) is 0 Å². The summed E-state index contributed by atoms with van der Waals surface area (Å²) in [7, 11) is 0. The van der Waals surface area contributed by atoms with Gasteiger partial charge >= 0.3 is 5.97 Å². The van der Waals surface area contributed by atoms with Crippen LogP contribution in [0.1, 0.15) is 12.8 Å². The summed E-state index contributed by atoms with van der Waals surface area (Å²) in [5.41, 5.74) is 0.338. The first-order valence-electron chi connectivity index (χ1n) is 2.57. The molecule has 0 saturated carbocycles. The van der Waals surface area contributed by atoms with Crippen LogP contribution in [0.4, 0.5) is 0 Å². The van der Waals surface area contributed by atoms with Crippen molar-refractivity contribution in [1.29, 1.82) is 0 Å². The quantitative estimate of drug-likeness (QED) is 0.531. The van der Waals surface area contributed by atoms with Crippen molar-refractivity contribution in [3.05, 3.63) is 0 Å². The van der Waals surface area contributed by atoms with E-state index < -0.39 is 5.97 Å². The highest BCUT2D eigenvalue weighted by atomic mass is 16.4. The molecule has 0 aliphatic carbocycles. The SMILES string of the molecule is O=C(O)C1=NCCC1. The Morgan fingerprint density at radius 3 is 2.75 bits per heavy atom. The number of hydrogen-bond acceptors (Lipinski definition) is 2. The maximum absolute atomic E-state index is 10.1. The third-order valence-electron chi connectivity index (χ3n) is 1.12. The van der Waals surface area contributed by atoms with E-state index in [1.807, 2.05) is 0 Å². The fourth-order valence-electron chi connectivity index (χ4n) is 0.714. The van der Waals surface area contributed by atoms with Crippen LogP contribution in [-0.4, -0.2) is 23.3 Å². The molecule has 3 heteroatoms. The van der Waals surface area contributed by atoms with Crippen molar-refractivity contribution in [1.82, 2.24) is 0 Å². The Morgan fingerprint density at radius 2 is 2.50 bits per heavy atom. The Balaban J connectivity index is 2.57. The van der Waals surface area contributed by atoms with Gasteiger partial charge in [-0.1, -0.05) is 0 Å². The number of carbonyl (C=O) groups is 1. The van der Waals surface area contributed by atoms with Crippen LogP contribution in [0, 0.1) is 0 Å². The Morgan fingerprint density at radius 1 is 1.75 bits per heavy atom. The first kappa shape index (κ1) is 5.28. The summed E-state index contributed by atoms with van der Waals surface area (Å²) >= 11 is 0. The molecular formula is C5H7NO2. The van der Waals surface area contributed by atoms with Gasteiger partial charge in [-0.3, -0.25) is 4.99 Å². The minimum absolute atomic E-state index is 0.338. The largest absolute Gasteiger partial charge is 0.477 e. The van der Waals surface area contributed by atoms with Gasteiger partial charge in [-0.2, -0.15) is 0 Å². The van der Waals surface area contributed by atoms with E-state index in [4.69, 9.17) is 5.11 Å². The predicted octanol–water partition coefficient (Wildman–Crippen LogP) is 0.306. The Kier molecular flexibility index (Phi) is 1.28. The first-order chi connectivity index (χ1) is 3.80. The van der Waals surface area contributed by atoms with Gasteiger partial charge in [-0.05, 0) is 12.8 Å². The molecule has 8 heavy (non-hydrogen) atoms. The molecule has 0 saturated heterocycles. The van der Waals surface area contributed by atoms with Crippen molar-refractivity contribution in [2.75, 3.05) is 6.54 Å². The Labute approximate surface area is 47.0 Å². The van der Waals surface area contributed by atoms with Gasteiger partial charge in [0.1, 0.15) is 5.71 Å².